The Labute approximate surface area is 106 Å². The van der Waals surface area contributed by atoms with Gasteiger partial charge in [0.2, 0.25) is 0 Å². The zero-order valence-electron chi connectivity index (χ0n) is 10.2. The molecule has 94 valence electrons. The summed E-state index contributed by atoms with van der Waals surface area (Å²) >= 11 is 0. The summed E-state index contributed by atoms with van der Waals surface area (Å²) in [7, 11) is 0. The minimum Gasteiger partial charge on any atom is -0.457 e. The number of ether oxygens (including phenoxy) is 1. The molecule has 0 bridgehead atoms. The lowest BCUT2D eigenvalue weighted by Crippen LogP contribution is -2.13. The molecule has 2 atom stereocenters. The molecular weight excluding hydrogens is 228 g/mol. The fraction of sp³-hybridized carbons (Fsp3) is 0.200. The number of aliphatic hydroxyl groups is 2. The lowest BCUT2D eigenvalue weighted by Gasteiger charge is -2.14. The number of benzene rings is 2. The van der Waals surface area contributed by atoms with Crippen molar-refractivity contribution in [3.05, 3.63) is 60.2 Å². The Morgan fingerprint density at radius 1 is 0.833 bits per heavy atom. The van der Waals surface area contributed by atoms with Gasteiger partial charge in [0.05, 0.1) is 6.10 Å². The van der Waals surface area contributed by atoms with Crippen molar-refractivity contribution >= 4 is 0 Å². The third kappa shape index (κ3) is 3.09. The molecule has 0 radical (unpaired) electrons. The molecule has 0 amide bonds. The van der Waals surface area contributed by atoms with E-state index in [1.54, 1.807) is 31.2 Å². The highest BCUT2D eigenvalue weighted by Gasteiger charge is 2.13. The molecular formula is C15H16O3. The third-order valence-corrected chi connectivity index (χ3v) is 2.66. The van der Waals surface area contributed by atoms with Crippen LogP contribution in [0.1, 0.15) is 18.6 Å². The van der Waals surface area contributed by atoms with Crippen LogP contribution in [0.15, 0.2) is 54.6 Å². The third-order valence-electron chi connectivity index (χ3n) is 2.66. The van der Waals surface area contributed by atoms with Crippen LogP contribution in [0.4, 0.5) is 0 Å². The van der Waals surface area contributed by atoms with E-state index in [4.69, 9.17) is 4.74 Å². The average molecular weight is 244 g/mol. The Morgan fingerprint density at radius 2 is 1.39 bits per heavy atom. The fourth-order valence-electron chi connectivity index (χ4n) is 1.64. The van der Waals surface area contributed by atoms with Gasteiger partial charge < -0.3 is 14.9 Å². The van der Waals surface area contributed by atoms with Gasteiger partial charge in [-0.15, -0.1) is 0 Å². The van der Waals surface area contributed by atoms with Crippen LogP contribution in [0.5, 0.6) is 11.5 Å². The lowest BCUT2D eigenvalue weighted by atomic mass is 10.1. The number of para-hydroxylation sites is 1. The first kappa shape index (κ1) is 12.6. The molecule has 0 aliphatic carbocycles. The van der Waals surface area contributed by atoms with Gasteiger partial charge in [-0.25, -0.2) is 0 Å². The summed E-state index contributed by atoms with van der Waals surface area (Å²) in [6.45, 7) is 1.55. The van der Waals surface area contributed by atoms with Crippen molar-refractivity contribution in [1.82, 2.24) is 0 Å². The first-order chi connectivity index (χ1) is 8.66. The maximum atomic E-state index is 9.69. The van der Waals surface area contributed by atoms with Gasteiger partial charge in [0.25, 0.3) is 0 Å². The maximum Gasteiger partial charge on any atom is 0.127 e. The van der Waals surface area contributed by atoms with Crippen molar-refractivity contribution in [1.29, 1.82) is 0 Å². The van der Waals surface area contributed by atoms with Crippen LogP contribution in [0.2, 0.25) is 0 Å². The van der Waals surface area contributed by atoms with E-state index in [2.05, 4.69) is 0 Å². The monoisotopic (exact) mass is 244 g/mol. The minimum absolute atomic E-state index is 0.672. The first-order valence-corrected chi connectivity index (χ1v) is 5.86. The van der Waals surface area contributed by atoms with E-state index in [0.717, 1.165) is 5.75 Å². The van der Waals surface area contributed by atoms with Gasteiger partial charge in [-0.3, -0.25) is 0 Å². The summed E-state index contributed by atoms with van der Waals surface area (Å²) in [6.07, 6.45) is -1.65. The van der Waals surface area contributed by atoms with Gasteiger partial charge >= 0.3 is 0 Å². The molecule has 0 aliphatic rings. The van der Waals surface area contributed by atoms with E-state index in [9.17, 15) is 10.2 Å². The van der Waals surface area contributed by atoms with Gasteiger partial charge in [-0.05, 0) is 36.8 Å². The van der Waals surface area contributed by atoms with E-state index in [1.165, 1.54) is 0 Å². The van der Waals surface area contributed by atoms with Crippen molar-refractivity contribution in [2.45, 2.75) is 19.1 Å². The summed E-state index contributed by atoms with van der Waals surface area (Å²) in [6, 6.07) is 16.5. The minimum atomic E-state index is -0.865. The standard InChI is InChI=1S/C15H16O3/c1-11(16)15(17)12-7-9-14(10-8-12)18-13-5-3-2-4-6-13/h2-11,15-17H,1H3. The smallest absolute Gasteiger partial charge is 0.127 e. The summed E-state index contributed by atoms with van der Waals surface area (Å²) in [4.78, 5) is 0. The number of aliphatic hydroxyl groups excluding tert-OH is 2. The molecule has 0 saturated carbocycles. The molecule has 0 heterocycles. The molecule has 18 heavy (non-hydrogen) atoms. The molecule has 3 heteroatoms. The number of rotatable bonds is 4. The molecule has 2 unspecified atom stereocenters. The zero-order chi connectivity index (χ0) is 13.0. The largest absolute Gasteiger partial charge is 0.457 e. The van der Waals surface area contributed by atoms with E-state index < -0.39 is 12.2 Å². The van der Waals surface area contributed by atoms with Crippen molar-refractivity contribution in [2.75, 3.05) is 0 Å². The van der Waals surface area contributed by atoms with Crippen molar-refractivity contribution in [3.8, 4) is 11.5 Å². The quantitative estimate of drug-likeness (QED) is 0.869. The highest BCUT2D eigenvalue weighted by Crippen LogP contribution is 2.24. The number of hydrogen-bond donors (Lipinski definition) is 2. The van der Waals surface area contributed by atoms with Crippen LogP contribution < -0.4 is 4.74 Å². The molecule has 0 fully saturated rings. The molecule has 2 rings (SSSR count). The second-order valence-corrected chi connectivity index (χ2v) is 4.17. The van der Waals surface area contributed by atoms with Crippen molar-refractivity contribution in [3.63, 3.8) is 0 Å². The second-order valence-electron chi connectivity index (χ2n) is 4.17. The van der Waals surface area contributed by atoms with Crippen LogP contribution in [0.3, 0.4) is 0 Å². The van der Waals surface area contributed by atoms with Crippen LogP contribution in [0, 0.1) is 0 Å². The van der Waals surface area contributed by atoms with E-state index in [1.807, 2.05) is 30.3 Å². The molecule has 3 nitrogen and oxygen atoms in total. The molecule has 0 spiro atoms. The van der Waals surface area contributed by atoms with Gasteiger partial charge in [0.1, 0.15) is 17.6 Å². The Kier molecular flexibility index (Phi) is 3.97. The zero-order valence-corrected chi connectivity index (χ0v) is 10.2. The van der Waals surface area contributed by atoms with Crippen LogP contribution in [0.25, 0.3) is 0 Å². The van der Waals surface area contributed by atoms with E-state index in [-0.39, 0.29) is 0 Å². The highest BCUT2D eigenvalue weighted by atomic mass is 16.5. The van der Waals surface area contributed by atoms with Gasteiger partial charge in [-0.2, -0.15) is 0 Å². The molecule has 2 N–H and O–H groups in total. The fourth-order valence-corrected chi connectivity index (χ4v) is 1.64. The Bertz CT molecular complexity index is 477. The molecule has 2 aromatic rings. The highest BCUT2D eigenvalue weighted by molar-refractivity contribution is 5.33. The molecule has 0 aliphatic heterocycles. The van der Waals surface area contributed by atoms with Crippen molar-refractivity contribution in [2.24, 2.45) is 0 Å². The Balaban J connectivity index is 2.09. The van der Waals surface area contributed by atoms with Crippen LogP contribution in [-0.2, 0) is 0 Å². The number of hydrogen-bond acceptors (Lipinski definition) is 3. The normalized spacial score (nSPS) is 13.9. The predicted octanol–water partition coefficient (Wildman–Crippen LogP) is 2.89. The summed E-state index contributed by atoms with van der Waals surface area (Å²) in [5, 5.41) is 19.0. The Hall–Kier alpha value is -1.84. The first-order valence-electron chi connectivity index (χ1n) is 5.86. The molecule has 0 aromatic heterocycles. The SMILES string of the molecule is CC(O)C(O)c1ccc(Oc2ccccc2)cc1. The molecule has 2 aromatic carbocycles. The van der Waals surface area contributed by atoms with Crippen LogP contribution >= 0.6 is 0 Å². The summed E-state index contributed by atoms with van der Waals surface area (Å²) in [5.41, 5.74) is 0.672. The van der Waals surface area contributed by atoms with Crippen LogP contribution in [-0.4, -0.2) is 16.3 Å². The average Bonchev–Trinajstić information content (AvgIpc) is 2.40. The van der Waals surface area contributed by atoms with E-state index in [0.29, 0.717) is 11.3 Å². The van der Waals surface area contributed by atoms with E-state index >= 15 is 0 Å². The second kappa shape index (κ2) is 5.67. The summed E-state index contributed by atoms with van der Waals surface area (Å²) < 4.78 is 5.63. The molecule has 0 saturated heterocycles. The summed E-state index contributed by atoms with van der Waals surface area (Å²) in [5.74, 6) is 1.46. The lowest BCUT2D eigenvalue weighted by molar-refractivity contribution is 0.0305. The van der Waals surface area contributed by atoms with Gasteiger partial charge in [0, 0.05) is 0 Å². The maximum absolute atomic E-state index is 9.69. The van der Waals surface area contributed by atoms with Crippen molar-refractivity contribution < 1.29 is 14.9 Å². The topological polar surface area (TPSA) is 49.7 Å². The predicted molar refractivity (Wildman–Crippen MR) is 69.6 cm³/mol. The van der Waals surface area contributed by atoms with Gasteiger partial charge in [-0.1, -0.05) is 30.3 Å². The van der Waals surface area contributed by atoms with Gasteiger partial charge in [0.15, 0.2) is 0 Å². The Morgan fingerprint density at radius 3 is 1.94 bits per heavy atom.